The van der Waals surface area contributed by atoms with E-state index in [1.54, 1.807) is 0 Å². The van der Waals surface area contributed by atoms with Gasteiger partial charge in [0.2, 0.25) is 11.9 Å². The first-order valence-corrected chi connectivity index (χ1v) is 5.71. The number of nitrogens with one attached hydrogen (secondary N) is 3. The molecule has 0 aromatic carbocycles. The van der Waals surface area contributed by atoms with Crippen LogP contribution >= 0.6 is 0 Å². The number of amides is 1. The molecule has 0 aliphatic heterocycles. The number of hydrogen-bond donors (Lipinski definition) is 4. The van der Waals surface area contributed by atoms with Gasteiger partial charge >= 0.3 is 0 Å². The summed E-state index contributed by atoms with van der Waals surface area (Å²) in [7, 11) is 0. The average Bonchev–Trinajstić information content (AvgIpc) is 3.15. The van der Waals surface area contributed by atoms with Crippen LogP contribution in [0.25, 0.3) is 0 Å². The van der Waals surface area contributed by atoms with Crippen molar-refractivity contribution in [3.05, 3.63) is 12.0 Å². The lowest BCUT2D eigenvalue weighted by Crippen LogP contribution is -2.27. The second kappa shape index (κ2) is 5.58. The molecule has 0 atom stereocenters. The van der Waals surface area contributed by atoms with Crippen LogP contribution in [0.2, 0.25) is 0 Å². The third-order valence-electron chi connectivity index (χ3n) is 2.46. The van der Waals surface area contributed by atoms with Crippen LogP contribution in [0.4, 0.5) is 16.2 Å². The van der Waals surface area contributed by atoms with Gasteiger partial charge in [-0.05, 0) is 12.8 Å². The molecule has 0 spiro atoms. The lowest BCUT2D eigenvalue weighted by Gasteiger charge is -2.07. The molecule has 1 amide bonds. The van der Waals surface area contributed by atoms with Crippen molar-refractivity contribution in [2.45, 2.75) is 25.3 Å². The Bertz CT molecular complexity index is 436. The van der Waals surface area contributed by atoms with Crippen LogP contribution in [0.5, 0.6) is 0 Å². The zero-order chi connectivity index (χ0) is 13.0. The molecular weight excluding hydrogens is 239 g/mol. The standard InChI is InChI=1S/C10H15FN6O/c11-7-5-14-10(17-12)16-9(7)13-4-3-8(18)15-6-1-2-6/h5-6H,1-4,12H2,(H,15,18)(H2,13,14,16,17). The summed E-state index contributed by atoms with van der Waals surface area (Å²) in [6.45, 7) is 0.302. The highest BCUT2D eigenvalue weighted by molar-refractivity contribution is 5.77. The molecule has 1 aliphatic rings. The highest BCUT2D eigenvalue weighted by Gasteiger charge is 2.22. The van der Waals surface area contributed by atoms with Gasteiger partial charge in [0, 0.05) is 19.0 Å². The van der Waals surface area contributed by atoms with Gasteiger partial charge in [0.15, 0.2) is 11.6 Å². The molecule has 0 radical (unpaired) electrons. The molecule has 98 valence electrons. The maximum absolute atomic E-state index is 13.3. The van der Waals surface area contributed by atoms with Gasteiger partial charge in [-0.25, -0.2) is 15.2 Å². The van der Waals surface area contributed by atoms with Crippen LogP contribution in [0.1, 0.15) is 19.3 Å². The number of nitrogens with two attached hydrogens (primary N) is 1. The zero-order valence-corrected chi connectivity index (χ0v) is 9.74. The highest BCUT2D eigenvalue weighted by atomic mass is 19.1. The molecule has 1 heterocycles. The first-order chi connectivity index (χ1) is 8.69. The predicted octanol–water partition coefficient (Wildman–Crippen LogP) is -0.0181. The van der Waals surface area contributed by atoms with E-state index >= 15 is 0 Å². The largest absolute Gasteiger partial charge is 0.367 e. The van der Waals surface area contributed by atoms with Crippen molar-refractivity contribution in [1.29, 1.82) is 0 Å². The van der Waals surface area contributed by atoms with E-state index in [0.717, 1.165) is 19.0 Å². The molecule has 1 saturated carbocycles. The fourth-order valence-electron chi connectivity index (χ4n) is 1.38. The van der Waals surface area contributed by atoms with Crippen molar-refractivity contribution in [3.8, 4) is 0 Å². The van der Waals surface area contributed by atoms with E-state index in [1.807, 2.05) is 0 Å². The molecule has 0 saturated heterocycles. The summed E-state index contributed by atoms with van der Waals surface area (Å²) in [5.74, 6) is 4.62. The van der Waals surface area contributed by atoms with Gasteiger partial charge in [-0.15, -0.1) is 0 Å². The summed E-state index contributed by atoms with van der Waals surface area (Å²) in [5.41, 5.74) is 2.22. The van der Waals surface area contributed by atoms with Crippen LogP contribution in [0, 0.1) is 5.82 Å². The van der Waals surface area contributed by atoms with Crippen LogP contribution in [0.15, 0.2) is 6.20 Å². The van der Waals surface area contributed by atoms with Gasteiger partial charge in [-0.3, -0.25) is 10.2 Å². The maximum atomic E-state index is 13.3. The Kier molecular flexibility index (Phi) is 3.88. The van der Waals surface area contributed by atoms with Gasteiger partial charge < -0.3 is 10.6 Å². The normalized spacial score (nSPS) is 14.1. The number of nitrogen functional groups attached to an aromatic ring is 1. The summed E-state index contributed by atoms with van der Waals surface area (Å²) < 4.78 is 13.3. The second-order valence-corrected chi connectivity index (χ2v) is 4.05. The zero-order valence-electron chi connectivity index (χ0n) is 9.74. The summed E-state index contributed by atoms with van der Waals surface area (Å²) in [4.78, 5) is 18.8. The third-order valence-corrected chi connectivity index (χ3v) is 2.46. The monoisotopic (exact) mass is 254 g/mol. The van der Waals surface area contributed by atoms with E-state index in [9.17, 15) is 9.18 Å². The van der Waals surface area contributed by atoms with E-state index in [0.29, 0.717) is 12.6 Å². The molecule has 18 heavy (non-hydrogen) atoms. The molecule has 1 aromatic rings. The number of carbonyl (C=O) groups excluding carboxylic acids is 1. The number of carbonyl (C=O) groups is 1. The molecule has 2 rings (SSSR count). The molecule has 0 unspecified atom stereocenters. The fraction of sp³-hybridized carbons (Fsp3) is 0.500. The van der Waals surface area contributed by atoms with Gasteiger partial charge in [-0.2, -0.15) is 4.98 Å². The van der Waals surface area contributed by atoms with Crippen molar-refractivity contribution in [3.63, 3.8) is 0 Å². The number of hydrazine groups is 1. The third kappa shape index (κ3) is 3.52. The molecule has 8 heteroatoms. The van der Waals surface area contributed by atoms with Gasteiger partial charge in [0.05, 0.1) is 6.20 Å². The SMILES string of the molecule is NNc1ncc(F)c(NCCC(=O)NC2CC2)n1. The lowest BCUT2D eigenvalue weighted by molar-refractivity contribution is -0.120. The van der Waals surface area contributed by atoms with Crippen LogP contribution in [0.3, 0.4) is 0 Å². The number of nitrogens with zero attached hydrogens (tertiary/aromatic N) is 2. The van der Waals surface area contributed by atoms with E-state index in [-0.39, 0.29) is 24.1 Å². The summed E-state index contributed by atoms with van der Waals surface area (Å²) in [6, 6.07) is 0.335. The van der Waals surface area contributed by atoms with E-state index in [1.165, 1.54) is 0 Å². The Labute approximate surface area is 103 Å². The number of anilines is 2. The van der Waals surface area contributed by atoms with E-state index in [4.69, 9.17) is 5.84 Å². The Hall–Kier alpha value is -1.96. The Morgan fingerprint density at radius 1 is 1.56 bits per heavy atom. The highest BCUT2D eigenvalue weighted by Crippen LogP contribution is 2.18. The summed E-state index contributed by atoms with van der Waals surface area (Å²) in [6.07, 6.45) is 3.37. The Balaban J connectivity index is 1.79. The van der Waals surface area contributed by atoms with Crippen molar-refractivity contribution in [2.24, 2.45) is 5.84 Å². The van der Waals surface area contributed by atoms with Crippen LogP contribution in [-0.4, -0.2) is 28.5 Å². The molecule has 0 bridgehead atoms. The molecule has 7 nitrogen and oxygen atoms in total. The van der Waals surface area contributed by atoms with Crippen molar-refractivity contribution >= 4 is 17.7 Å². The van der Waals surface area contributed by atoms with E-state index < -0.39 is 5.82 Å². The smallest absolute Gasteiger partial charge is 0.239 e. The minimum Gasteiger partial charge on any atom is -0.367 e. The molecule has 5 N–H and O–H groups in total. The lowest BCUT2D eigenvalue weighted by atomic mass is 10.4. The topological polar surface area (TPSA) is 105 Å². The average molecular weight is 254 g/mol. The van der Waals surface area contributed by atoms with Gasteiger partial charge in [-0.1, -0.05) is 0 Å². The van der Waals surface area contributed by atoms with Crippen molar-refractivity contribution in [2.75, 3.05) is 17.3 Å². The molecule has 1 aliphatic carbocycles. The first-order valence-electron chi connectivity index (χ1n) is 5.71. The Morgan fingerprint density at radius 2 is 2.33 bits per heavy atom. The molecule has 1 aromatic heterocycles. The summed E-state index contributed by atoms with van der Waals surface area (Å²) in [5, 5.41) is 5.57. The second-order valence-electron chi connectivity index (χ2n) is 4.05. The maximum Gasteiger partial charge on any atom is 0.239 e. The minimum atomic E-state index is -0.586. The predicted molar refractivity (Wildman–Crippen MR) is 64.1 cm³/mol. The van der Waals surface area contributed by atoms with E-state index in [2.05, 4.69) is 26.0 Å². The number of hydrogen-bond acceptors (Lipinski definition) is 6. The molecule has 1 fully saturated rings. The first kappa shape index (κ1) is 12.5. The van der Waals surface area contributed by atoms with Crippen molar-refractivity contribution < 1.29 is 9.18 Å². The fourth-order valence-corrected chi connectivity index (χ4v) is 1.38. The molecular formula is C10H15FN6O. The number of rotatable bonds is 6. The number of halogens is 1. The van der Waals surface area contributed by atoms with Crippen molar-refractivity contribution in [1.82, 2.24) is 15.3 Å². The Morgan fingerprint density at radius 3 is 3.00 bits per heavy atom. The van der Waals surface area contributed by atoms with Gasteiger partial charge in [0.25, 0.3) is 0 Å². The minimum absolute atomic E-state index is 0.0252. The van der Waals surface area contributed by atoms with Crippen LogP contribution < -0.4 is 21.9 Å². The summed E-state index contributed by atoms with van der Waals surface area (Å²) >= 11 is 0. The number of aromatic nitrogens is 2. The quantitative estimate of drug-likeness (QED) is 0.420. The van der Waals surface area contributed by atoms with Crippen LogP contribution in [-0.2, 0) is 4.79 Å². The van der Waals surface area contributed by atoms with Gasteiger partial charge in [0.1, 0.15) is 0 Å².